The molecule has 2 saturated heterocycles. The molecule has 3 heterocycles. The van der Waals surface area contributed by atoms with E-state index in [1.807, 2.05) is 44.3 Å². The van der Waals surface area contributed by atoms with Crippen molar-refractivity contribution >= 4 is 0 Å². The maximum Gasteiger partial charge on any atom is 0.176 e. The van der Waals surface area contributed by atoms with Crippen molar-refractivity contribution in [3.63, 3.8) is 0 Å². The van der Waals surface area contributed by atoms with Crippen molar-refractivity contribution in [2.75, 3.05) is 33.0 Å². The van der Waals surface area contributed by atoms with Gasteiger partial charge >= 0.3 is 0 Å². The van der Waals surface area contributed by atoms with Gasteiger partial charge in [-0.05, 0) is 31.5 Å². The minimum Gasteiger partial charge on any atom is -0.491 e. The van der Waals surface area contributed by atoms with Crippen molar-refractivity contribution in [2.45, 2.75) is 56.8 Å². The minimum atomic E-state index is -0.786. The lowest BCUT2D eigenvalue weighted by molar-refractivity contribution is -0.239. The molecule has 0 unspecified atom stereocenters. The van der Waals surface area contributed by atoms with Crippen LogP contribution in [-0.2, 0) is 30.2 Å². The van der Waals surface area contributed by atoms with Crippen molar-refractivity contribution in [1.29, 1.82) is 0 Å². The summed E-state index contributed by atoms with van der Waals surface area (Å²) in [5.41, 5.74) is 16.2. The zero-order valence-electron chi connectivity index (χ0n) is 21.0. The number of nitrogens with two attached hydrogens (primary N) is 1. The van der Waals surface area contributed by atoms with E-state index in [9.17, 15) is 0 Å². The van der Waals surface area contributed by atoms with Crippen LogP contribution in [-0.4, -0.2) is 84.4 Å². The first-order valence-corrected chi connectivity index (χ1v) is 12.1. The van der Waals surface area contributed by atoms with Crippen LogP contribution in [0.3, 0.4) is 0 Å². The van der Waals surface area contributed by atoms with Crippen molar-refractivity contribution < 1.29 is 28.4 Å². The van der Waals surface area contributed by atoms with Crippen LogP contribution in [0.15, 0.2) is 48.2 Å². The van der Waals surface area contributed by atoms with Crippen LogP contribution < -0.4 is 10.5 Å². The molecule has 1 aromatic carbocycles. The molecule has 2 N–H and O–H groups in total. The zero-order chi connectivity index (χ0) is 26.3. The Morgan fingerprint density at radius 2 is 2.11 bits per heavy atom. The highest BCUT2D eigenvalue weighted by Gasteiger charge is 2.54. The molecule has 0 bridgehead atoms. The van der Waals surface area contributed by atoms with E-state index in [2.05, 4.69) is 26.9 Å². The number of nitrogens with zero attached hydrogens (tertiary/aromatic N) is 6. The molecule has 2 aliphatic heterocycles. The lowest BCUT2D eigenvalue weighted by atomic mass is 9.97. The van der Waals surface area contributed by atoms with E-state index in [0.717, 1.165) is 5.56 Å². The molecule has 0 saturated carbocycles. The van der Waals surface area contributed by atoms with Crippen molar-refractivity contribution in [2.24, 2.45) is 10.8 Å². The van der Waals surface area contributed by atoms with Crippen LogP contribution in [0, 0.1) is 0 Å². The first kappa shape index (κ1) is 27.0. The van der Waals surface area contributed by atoms with E-state index in [1.54, 1.807) is 10.8 Å². The van der Waals surface area contributed by atoms with Crippen LogP contribution >= 0.6 is 0 Å². The molecule has 1 aromatic heterocycles. The second-order valence-electron chi connectivity index (χ2n) is 9.08. The molecule has 5 atom stereocenters. The van der Waals surface area contributed by atoms with Gasteiger partial charge in [0.15, 0.2) is 12.1 Å². The quantitative estimate of drug-likeness (QED) is 0.139. The predicted octanol–water partition coefficient (Wildman–Crippen LogP) is 2.43. The number of azide groups is 1. The average molecular weight is 516 g/mol. The summed E-state index contributed by atoms with van der Waals surface area (Å²) in [7, 11) is 0. The van der Waals surface area contributed by atoms with Gasteiger partial charge in [-0.1, -0.05) is 28.5 Å². The minimum absolute atomic E-state index is 0.293. The van der Waals surface area contributed by atoms with Gasteiger partial charge in [-0.3, -0.25) is 0 Å². The monoisotopic (exact) mass is 515 g/mol. The third-order valence-corrected chi connectivity index (χ3v) is 5.84. The van der Waals surface area contributed by atoms with Gasteiger partial charge in [0.1, 0.15) is 36.4 Å². The summed E-state index contributed by atoms with van der Waals surface area (Å²) in [4.78, 5) is 2.68. The molecule has 37 heavy (non-hydrogen) atoms. The van der Waals surface area contributed by atoms with E-state index in [0.29, 0.717) is 51.0 Å². The maximum atomic E-state index is 8.26. The van der Waals surface area contributed by atoms with Gasteiger partial charge in [-0.25, -0.2) is 4.68 Å². The summed E-state index contributed by atoms with van der Waals surface area (Å²) in [6.07, 6.45) is 1.64. The molecule has 0 aliphatic carbocycles. The molecule has 4 rings (SSSR count). The Labute approximate surface area is 215 Å². The average Bonchev–Trinajstić information content (AvgIpc) is 3.48. The number of benzene rings is 1. The van der Waals surface area contributed by atoms with Gasteiger partial charge in [0.25, 0.3) is 0 Å². The van der Waals surface area contributed by atoms with Gasteiger partial charge in [-0.15, -0.1) is 11.7 Å². The van der Waals surface area contributed by atoms with E-state index in [-0.39, 0.29) is 12.2 Å². The van der Waals surface area contributed by atoms with Gasteiger partial charge < -0.3 is 34.2 Å². The van der Waals surface area contributed by atoms with Crippen LogP contribution in [0.1, 0.15) is 13.8 Å². The highest BCUT2D eigenvalue weighted by Crippen LogP contribution is 2.37. The number of hydrogen-bond acceptors (Lipinski definition) is 10. The zero-order valence-corrected chi connectivity index (χ0v) is 21.0. The topological polar surface area (TPSA) is 161 Å². The molecule has 0 spiro atoms. The fourth-order valence-electron chi connectivity index (χ4n) is 4.28. The number of hydrogen-bond donors (Lipinski definition) is 1. The molecule has 2 aliphatic rings. The van der Waals surface area contributed by atoms with E-state index in [1.165, 1.54) is 0 Å². The lowest BCUT2D eigenvalue weighted by Gasteiger charge is -2.40. The van der Waals surface area contributed by atoms with Gasteiger partial charge in [-0.2, -0.15) is 0 Å². The Morgan fingerprint density at radius 1 is 1.27 bits per heavy atom. The predicted molar refractivity (Wildman–Crippen MR) is 132 cm³/mol. The summed E-state index contributed by atoms with van der Waals surface area (Å²) in [5, 5.41) is 12.0. The SMILES string of the molecule is C=CCO[C@H]1O[C@H](Cn2cc(-c3cccc(OCCOCCN=[N+]=[N-])c3)nn2)[C@@H]2OC(C)(C)O[C@@H]2[C@H]1N. The Bertz CT molecular complexity index is 1090. The molecule has 0 amide bonds. The highest BCUT2D eigenvalue weighted by atomic mass is 16.8. The number of rotatable bonds is 13. The summed E-state index contributed by atoms with van der Waals surface area (Å²) >= 11 is 0. The number of ether oxygens (including phenoxy) is 6. The summed E-state index contributed by atoms with van der Waals surface area (Å²) < 4.78 is 37.0. The Balaban J connectivity index is 1.38. The second kappa shape index (κ2) is 12.5. The summed E-state index contributed by atoms with van der Waals surface area (Å²) in [5.74, 6) is -0.107. The van der Waals surface area contributed by atoms with E-state index >= 15 is 0 Å². The summed E-state index contributed by atoms with van der Waals surface area (Å²) in [6.45, 7) is 9.47. The van der Waals surface area contributed by atoms with E-state index in [4.69, 9.17) is 39.7 Å². The van der Waals surface area contributed by atoms with E-state index < -0.39 is 24.2 Å². The highest BCUT2D eigenvalue weighted by molar-refractivity contribution is 5.59. The first-order valence-electron chi connectivity index (χ1n) is 12.1. The van der Waals surface area contributed by atoms with Crippen LogP contribution in [0.5, 0.6) is 5.75 Å². The smallest absolute Gasteiger partial charge is 0.176 e. The van der Waals surface area contributed by atoms with Crippen molar-refractivity contribution in [3.05, 3.63) is 53.6 Å². The second-order valence-corrected chi connectivity index (χ2v) is 9.08. The third kappa shape index (κ3) is 7.05. The van der Waals surface area contributed by atoms with Crippen LogP contribution in [0.4, 0.5) is 0 Å². The lowest BCUT2D eigenvalue weighted by Crippen LogP contribution is -2.61. The third-order valence-electron chi connectivity index (χ3n) is 5.84. The Kier molecular flexibility index (Phi) is 9.11. The number of fused-ring (bicyclic) bond motifs is 1. The van der Waals surface area contributed by atoms with Gasteiger partial charge in [0.05, 0.1) is 38.6 Å². The Morgan fingerprint density at radius 3 is 2.92 bits per heavy atom. The largest absolute Gasteiger partial charge is 0.491 e. The molecule has 2 aromatic rings. The number of aromatic nitrogens is 3. The molecular formula is C24H33N7O6. The molecule has 13 nitrogen and oxygen atoms in total. The fraction of sp³-hybridized carbons (Fsp3) is 0.583. The summed E-state index contributed by atoms with van der Waals surface area (Å²) in [6, 6.07) is 7.05. The molecular weight excluding hydrogens is 482 g/mol. The van der Waals surface area contributed by atoms with Crippen LogP contribution in [0.2, 0.25) is 0 Å². The van der Waals surface area contributed by atoms with Crippen molar-refractivity contribution in [3.8, 4) is 17.0 Å². The standard InChI is InChI=1S/C24H33N7O6/c1-4-9-34-23-20(25)22-21(36-24(2,3)37-22)19(35-23)15-31-14-18(28-30-31)16-6-5-7-17(13-16)33-12-11-32-10-8-27-29-26/h4-7,13-14,19-23H,1,8-12,15,25H2,2-3H3/t19-,20-,21+,22-,23+/m1/s1. The van der Waals surface area contributed by atoms with Crippen LogP contribution in [0.25, 0.3) is 21.7 Å². The maximum absolute atomic E-state index is 8.26. The molecule has 0 radical (unpaired) electrons. The fourth-order valence-corrected chi connectivity index (χ4v) is 4.28. The molecule has 13 heteroatoms. The van der Waals surface area contributed by atoms with Crippen molar-refractivity contribution in [1.82, 2.24) is 15.0 Å². The molecule has 2 fully saturated rings. The van der Waals surface area contributed by atoms with Gasteiger partial charge in [0.2, 0.25) is 0 Å². The Hall–Kier alpha value is -3.03. The molecule has 200 valence electrons. The normalized spacial score (nSPS) is 26.3. The van der Waals surface area contributed by atoms with Gasteiger partial charge in [0, 0.05) is 17.0 Å². The first-order chi connectivity index (χ1) is 17.9.